The maximum absolute atomic E-state index is 12.9. The molecular weight excluding hydrogens is 426 g/mol. The van der Waals surface area contributed by atoms with E-state index in [1.165, 1.54) is 38.5 Å². The van der Waals surface area contributed by atoms with Gasteiger partial charge in [-0.1, -0.05) is 86.5 Å². The van der Waals surface area contributed by atoms with Crippen LogP contribution in [0.25, 0.3) is 22.2 Å². The Hall–Kier alpha value is -3.67. The van der Waals surface area contributed by atoms with Crippen molar-refractivity contribution in [2.24, 2.45) is 0 Å². The van der Waals surface area contributed by atoms with Crippen LogP contribution in [0.15, 0.2) is 72.8 Å². The quantitative estimate of drug-likeness (QED) is 0.154. The van der Waals surface area contributed by atoms with E-state index < -0.39 is 0 Å². The second kappa shape index (κ2) is 11.5. The van der Waals surface area contributed by atoms with Crippen molar-refractivity contribution in [1.29, 1.82) is 0 Å². The molecule has 3 aromatic carbocycles. The summed E-state index contributed by atoms with van der Waals surface area (Å²) in [7, 11) is 0. The van der Waals surface area contributed by atoms with E-state index in [1.54, 1.807) is 36.4 Å². The zero-order chi connectivity index (χ0) is 23.8. The number of hydrogen-bond donors (Lipinski definition) is 0. The highest BCUT2D eigenvalue weighted by molar-refractivity contribution is 5.99. The fourth-order valence-corrected chi connectivity index (χ4v) is 4.05. The molecule has 4 aromatic rings. The summed E-state index contributed by atoms with van der Waals surface area (Å²) in [6, 6.07) is 22.2. The number of fused-ring (bicyclic) bond motifs is 1. The van der Waals surface area contributed by atoms with Crippen molar-refractivity contribution in [1.82, 2.24) is 9.90 Å². The van der Waals surface area contributed by atoms with Gasteiger partial charge in [-0.2, -0.15) is 0 Å². The molecule has 0 aliphatic rings. The smallest absolute Gasteiger partial charge is 0.366 e. The van der Waals surface area contributed by atoms with Gasteiger partial charge < -0.3 is 9.94 Å². The zero-order valence-corrected chi connectivity index (χ0v) is 19.7. The van der Waals surface area contributed by atoms with Gasteiger partial charge in [0.05, 0.1) is 12.2 Å². The molecule has 0 amide bonds. The molecule has 1 aromatic heterocycles. The fraction of sp³-hybridized carbons (Fsp3) is 0.321. The van der Waals surface area contributed by atoms with E-state index in [1.807, 2.05) is 36.4 Å². The summed E-state index contributed by atoms with van der Waals surface area (Å²) in [4.78, 5) is 13.4. The average molecular weight is 458 g/mol. The standard InChI is InChI=1S/C28H31N3O3/c1-2-3-4-5-6-7-10-21-34-25-19-17-23(18-20-25)22-13-15-24(16-14-22)28(32)30-26-11-8-9-12-27(26)31(33)29-30/h8-9,11-20H,2-7,10,21H2,1H3. The Morgan fingerprint density at radius 3 is 2.18 bits per heavy atom. The normalized spacial score (nSPS) is 11.1. The SMILES string of the molecule is CCCCCCCCCOc1ccc(-c2ccc(C(=O)n3n[n+]([O-])c4ccccc43)cc2)cc1. The number of para-hydroxylation sites is 2. The number of nitrogens with zero attached hydrogens (tertiary/aromatic N) is 3. The van der Waals surface area contributed by atoms with Gasteiger partial charge in [0, 0.05) is 0 Å². The Kier molecular flexibility index (Phi) is 7.91. The molecule has 0 spiro atoms. The lowest BCUT2D eigenvalue weighted by Gasteiger charge is -2.08. The number of carbonyl (C=O) groups is 1. The van der Waals surface area contributed by atoms with Crippen LogP contribution in [-0.2, 0) is 0 Å². The van der Waals surface area contributed by atoms with Crippen LogP contribution in [0.3, 0.4) is 0 Å². The predicted molar refractivity (Wildman–Crippen MR) is 134 cm³/mol. The van der Waals surface area contributed by atoms with Crippen molar-refractivity contribution >= 4 is 16.9 Å². The molecule has 0 aliphatic heterocycles. The number of aromatic nitrogens is 3. The third-order valence-electron chi connectivity index (χ3n) is 6.02. The first-order valence-corrected chi connectivity index (χ1v) is 12.1. The molecule has 34 heavy (non-hydrogen) atoms. The first-order valence-electron chi connectivity index (χ1n) is 12.1. The number of unbranched alkanes of at least 4 members (excludes halogenated alkanes) is 6. The molecule has 6 nitrogen and oxygen atoms in total. The van der Waals surface area contributed by atoms with Crippen LogP contribution in [0, 0.1) is 5.21 Å². The summed E-state index contributed by atoms with van der Waals surface area (Å²) in [6.45, 7) is 2.99. The number of hydrogen-bond acceptors (Lipinski definition) is 4. The van der Waals surface area contributed by atoms with Gasteiger partial charge in [0.2, 0.25) is 11.0 Å². The van der Waals surface area contributed by atoms with E-state index in [0.29, 0.717) is 21.4 Å². The summed E-state index contributed by atoms with van der Waals surface area (Å²) in [5, 5.41) is 15.8. The van der Waals surface area contributed by atoms with Crippen LogP contribution < -0.4 is 9.58 Å². The highest BCUT2D eigenvalue weighted by Gasteiger charge is 2.22. The summed E-state index contributed by atoms with van der Waals surface area (Å²) in [5.74, 6) is 0.532. The van der Waals surface area contributed by atoms with Gasteiger partial charge >= 0.3 is 5.91 Å². The minimum absolute atomic E-state index is 0.341. The molecule has 0 bridgehead atoms. The molecular formula is C28H31N3O3. The third kappa shape index (κ3) is 5.63. The van der Waals surface area contributed by atoms with Gasteiger partial charge in [-0.25, -0.2) is 4.79 Å². The molecule has 0 fully saturated rings. The van der Waals surface area contributed by atoms with Gasteiger partial charge in [-0.05, 0) is 53.9 Å². The van der Waals surface area contributed by atoms with Crippen molar-refractivity contribution in [3.05, 3.63) is 83.6 Å². The Morgan fingerprint density at radius 2 is 1.47 bits per heavy atom. The zero-order valence-electron chi connectivity index (χ0n) is 19.7. The highest BCUT2D eigenvalue weighted by atomic mass is 16.5. The summed E-state index contributed by atoms with van der Waals surface area (Å²) < 4.78 is 7.03. The molecule has 0 atom stereocenters. The van der Waals surface area contributed by atoms with E-state index in [2.05, 4.69) is 12.1 Å². The van der Waals surface area contributed by atoms with Crippen LogP contribution in [0.1, 0.15) is 62.2 Å². The number of benzene rings is 3. The van der Waals surface area contributed by atoms with Gasteiger partial charge in [0.15, 0.2) is 0 Å². The molecule has 0 aliphatic carbocycles. The fourth-order valence-electron chi connectivity index (χ4n) is 4.05. The Bertz CT molecular complexity index is 1210. The molecule has 0 saturated carbocycles. The highest BCUT2D eigenvalue weighted by Crippen LogP contribution is 2.23. The minimum atomic E-state index is -0.341. The van der Waals surface area contributed by atoms with E-state index in [9.17, 15) is 10.0 Å². The van der Waals surface area contributed by atoms with Crippen LogP contribution in [0.2, 0.25) is 0 Å². The van der Waals surface area contributed by atoms with Crippen molar-refractivity contribution in [3.8, 4) is 16.9 Å². The van der Waals surface area contributed by atoms with E-state index >= 15 is 0 Å². The first-order chi connectivity index (χ1) is 16.7. The lowest BCUT2D eigenvalue weighted by Crippen LogP contribution is -2.31. The Balaban J connectivity index is 1.32. The number of ether oxygens (including phenoxy) is 1. The summed E-state index contributed by atoms with van der Waals surface area (Å²) in [5.41, 5.74) is 3.36. The average Bonchev–Trinajstić information content (AvgIpc) is 3.22. The molecule has 1 heterocycles. The van der Waals surface area contributed by atoms with Gasteiger partial charge in [0.25, 0.3) is 0 Å². The summed E-state index contributed by atoms with van der Waals surface area (Å²) in [6.07, 6.45) is 8.88. The molecule has 0 saturated heterocycles. The van der Waals surface area contributed by atoms with E-state index in [0.717, 1.165) is 34.6 Å². The van der Waals surface area contributed by atoms with Crippen molar-refractivity contribution in [2.75, 3.05) is 6.61 Å². The van der Waals surface area contributed by atoms with Crippen LogP contribution in [-0.4, -0.2) is 22.4 Å². The Labute approximate surface area is 200 Å². The second-order valence-corrected chi connectivity index (χ2v) is 8.54. The van der Waals surface area contributed by atoms with Crippen LogP contribution >= 0.6 is 0 Å². The van der Waals surface area contributed by atoms with Crippen molar-refractivity contribution < 1.29 is 14.4 Å². The lowest BCUT2D eigenvalue weighted by atomic mass is 10.0. The summed E-state index contributed by atoms with van der Waals surface area (Å²) >= 11 is 0. The van der Waals surface area contributed by atoms with Crippen LogP contribution in [0.4, 0.5) is 0 Å². The van der Waals surface area contributed by atoms with Gasteiger partial charge in [0.1, 0.15) is 11.0 Å². The lowest BCUT2D eigenvalue weighted by molar-refractivity contribution is -0.645. The maximum atomic E-state index is 12.9. The predicted octanol–water partition coefficient (Wildman–Crippen LogP) is 6.15. The molecule has 0 unspecified atom stereocenters. The van der Waals surface area contributed by atoms with Crippen LogP contribution in [0.5, 0.6) is 5.75 Å². The van der Waals surface area contributed by atoms with Crippen molar-refractivity contribution in [2.45, 2.75) is 51.9 Å². The molecule has 0 radical (unpaired) electrons. The molecule has 176 valence electrons. The maximum Gasteiger partial charge on any atom is 0.366 e. The van der Waals surface area contributed by atoms with E-state index in [-0.39, 0.29) is 5.91 Å². The second-order valence-electron chi connectivity index (χ2n) is 8.54. The van der Waals surface area contributed by atoms with Gasteiger partial charge in [-0.3, -0.25) is 0 Å². The monoisotopic (exact) mass is 457 g/mol. The van der Waals surface area contributed by atoms with E-state index in [4.69, 9.17) is 4.74 Å². The Morgan fingerprint density at radius 1 is 0.853 bits per heavy atom. The van der Waals surface area contributed by atoms with Gasteiger partial charge in [-0.15, -0.1) is 4.85 Å². The first kappa shape index (κ1) is 23.5. The molecule has 0 N–H and O–H groups in total. The van der Waals surface area contributed by atoms with Crippen molar-refractivity contribution in [3.63, 3.8) is 0 Å². The largest absolute Gasteiger partial charge is 0.691 e. The topological polar surface area (TPSA) is 71.1 Å². The number of rotatable bonds is 11. The molecule has 6 heteroatoms. The third-order valence-corrected chi connectivity index (χ3v) is 6.02. The molecule has 4 rings (SSSR count). The number of carbonyl (C=O) groups excluding carboxylic acids is 1. The minimum Gasteiger partial charge on any atom is -0.691 e.